The van der Waals surface area contributed by atoms with Gasteiger partial charge in [-0.25, -0.2) is 0 Å². The lowest BCUT2D eigenvalue weighted by Crippen LogP contribution is -2.16. The van der Waals surface area contributed by atoms with Crippen LogP contribution >= 0.6 is 0 Å². The van der Waals surface area contributed by atoms with Crippen LogP contribution in [-0.2, 0) is 9.59 Å². The highest BCUT2D eigenvalue weighted by Crippen LogP contribution is 2.36. The molecule has 0 unspecified atom stereocenters. The van der Waals surface area contributed by atoms with Crippen LogP contribution in [0.5, 0.6) is 0 Å². The predicted octanol–water partition coefficient (Wildman–Crippen LogP) is 5.82. The molecule has 2 aromatic rings. The fourth-order valence-electron chi connectivity index (χ4n) is 4.63. The summed E-state index contributed by atoms with van der Waals surface area (Å²) in [5.41, 5.74) is 0.780. The van der Waals surface area contributed by atoms with Crippen LogP contribution in [0.25, 0.3) is 10.8 Å². The third kappa shape index (κ3) is 5.75. The number of carboxylic acid groups (broad SMARTS) is 1. The lowest BCUT2D eigenvalue weighted by Gasteiger charge is -2.18. The first-order valence-corrected chi connectivity index (χ1v) is 10.8. The second kappa shape index (κ2) is 10.3. The minimum absolute atomic E-state index is 0.0785. The molecule has 0 amide bonds. The van der Waals surface area contributed by atoms with E-state index in [1.54, 1.807) is 0 Å². The molecule has 2 aromatic carbocycles. The van der Waals surface area contributed by atoms with Gasteiger partial charge in [0.25, 0.3) is 0 Å². The van der Waals surface area contributed by atoms with Crippen molar-refractivity contribution in [2.45, 2.75) is 64.2 Å². The third-order valence-electron chi connectivity index (χ3n) is 6.23. The molecule has 1 fully saturated rings. The number of carbonyl (C=O) groups is 3. The van der Waals surface area contributed by atoms with Gasteiger partial charge in [-0.3, -0.25) is 14.4 Å². The average molecular weight is 395 g/mol. The molecule has 1 aliphatic rings. The maximum absolute atomic E-state index is 12.9. The summed E-state index contributed by atoms with van der Waals surface area (Å²) in [5.74, 6) is 0.147. The molecule has 0 bridgehead atoms. The molecule has 4 heteroatoms. The number of aliphatic carboxylic acids is 1. The summed E-state index contributed by atoms with van der Waals surface area (Å²) in [6, 6.07) is 13.8. The van der Waals surface area contributed by atoms with Gasteiger partial charge < -0.3 is 5.11 Å². The first-order chi connectivity index (χ1) is 14.1. The van der Waals surface area contributed by atoms with Crippen molar-refractivity contribution < 1.29 is 19.5 Å². The Kier molecular flexibility index (Phi) is 7.56. The molecular formula is C25H30O4. The van der Waals surface area contributed by atoms with Crippen LogP contribution in [0.3, 0.4) is 0 Å². The summed E-state index contributed by atoms with van der Waals surface area (Å²) in [5, 5.41) is 10.8. The number of unbranched alkanes of at least 4 members (excludes halogenated alkanes) is 3. The van der Waals surface area contributed by atoms with Gasteiger partial charge in [0.15, 0.2) is 5.78 Å². The largest absolute Gasteiger partial charge is 0.481 e. The van der Waals surface area contributed by atoms with Crippen LogP contribution in [0.2, 0.25) is 0 Å². The maximum Gasteiger partial charge on any atom is 0.303 e. The van der Waals surface area contributed by atoms with Gasteiger partial charge in [0, 0.05) is 30.7 Å². The van der Waals surface area contributed by atoms with Crippen molar-refractivity contribution in [2.75, 3.05) is 0 Å². The highest BCUT2D eigenvalue weighted by atomic mass is 16.4. The Morgan fingerprint density at radius 2 is 1.66 bits per heavy atom. The van der Waals surface area contributed by atoms with Crippen LogP contribution < -0.4 is 0 Å². The number of Topliss-reactive ketones (excluding diaryl/α,β-unsaturated/α-hetero) is 2. The van der Waals surface area contributed by atoms with E-state index < -0.39 is 5.97 Å². The van der Waals surface area contributed by atoms with Gasteiger partial charge >= 0.3 is 5.97 Å². The molecular weight excluding hydrogens is 364 g/mol. The molecule has 0 saturated heterocycles. The lowest BCUT2D eigenvalue weighted by molar-refractivity contribution is -0.137. The van der Waals surface area contributed by atoms with Gasteiger partial charge in [-0.15, -0.1) is 0 Å². The van der Waals surface area contributed by atoms with E-state index in [0.29, 0.717) is 31.0 Å². The van der Waals surface area contributed by atoms with Gasteiger partial charge in [-0.1, -0.05) is 61.7 Å². The highest BCUT2D eigenvalue weighted by Gasteiger charge is 2.34. The Morgan fingerprint density at radius 3 is 2.48 bits per heavy atom. The quantitative estimate of drug-likeness (QED) is 0.385. The molecule has 2 atom stereocenters. The Bertz CT molecular complexity index is 865. The second-order valence-corrected chi connectivity index (χ2v) is 8.21. The number of fused-ring (bicyclic) bond motifs is 1. The first-order valence-electron chi connectivity index (χ1n) is 10.8. The summed E-state index contributed by atoms with van der Waals surface area (Å²) in [6.07, 6.45) is 7.43. The number of hydrogen-bond donors (Lipinski definition) is 1. The summed E-state index contributed by atoms with van der Waals surface area (Å²) in [7, 11) is 0. The molecule has 29 heavy (non-hydrogen) atoms. The topological polar surface area (TPSA) is 71.4 Å². The number of benzene rings is 2. The van der Waals surface area contributed by atoms with Gasteiger partial charge in [-0.2, -0.15) is 0 Å². The van der Waals surface area contributed by atoms with E-state index in [1.807, 2.05) is 42.5 Å². The Morgan fingerprint density at radius 1 is 0.897 bits per heavy atom. The maximum atomic E-state index is 12.9. The van der Waals surface area contributed by atoms with Crippen molar-refractivity contribution in [1.29, 1.82) is 0 Å². The Labute approximate surface area is 172 Å². The highest BCUT2D eigenvalue weighted by molar-refractivity contribution is 6.08. The molecule has 0 radical (unpaired) electrons. The van der Waals surface area contributed by atoms with Gasteiger partial charge in [-0.05, 0) is 42.4 Å². The Balaban J connectivity index is 1.50. The zero-order chi connectivity index (χ0) is 20.6. The Hall–Kier alpha value is -2.49. The predicted molar refractivity (Wildman–Crippen MR) is 114 cm³/mol. The number of ketones is 2. The molecule has 154 valence electrons. The van der Waals surface area contributed by atoms with E-state index in [2.05, 4.69) is 0 Å². The summed E-state index contributed by atoms with van der Waals surface area (Å²) in [6.45, 7) is 0. The standard InChI is InChI=1S/C25H30O4/c26-23-16-14-19(21(23)11-3-1-2-4-13-25(28)29)15-17-24(27)22-12-7-9-18-8-5-6-10-20(18)22/h5-10,12,19,21H,1-4,11,13-17H2,(H,28,29)/t19-,21-/m1/s1. The molecule has 1 saturated carbocycles. The molecule has 0 spiro atoms. The van der Waals surface area contributed by atoms with Gasteiger partial charge in [0.2, 0.25) is 0 Å². The number of rotatable bonds is 11. The molecule has 1 N–H and O–H groups in total. The van der Waals surface area contributed by atoms with E-state index in [-0.39, 0.29) is 18.1 Å². The van der Waals surface area contributed by atoms with Crippen LogP contribution in [0.15, 0.2) is 42.5 Å². The minimum atomic E-state index is -0.744. The van der Waals surface area contributed by atoms with Gasteiger partial charge in [0.1, 0.15) is 5.78 Å². The van der Waals surface area contributed by atoms with Crippen LogP contribution in [-0.4, -0.2) is 22.6 Å². The van der Waals surface area contributed by atoms with Crippen LogP contribution in [0.1, 0.15) is 74.6 Å². The fraction of sp³-hybridized carbons (Fsp3) is 0.480. The monoisotopic (exact) mass is 394 g/mol. The SMILES string of the molecule is O=C(O)CCCCCC[C@H]1C(=O)CC[C@@H]1CCC(=O)c1cccc2ccccc12. The lowest BCUT2D eigenvalue weighted by atomic mass is 9.85. The van der Waals surface area contributed by atoms with Gasteiger partial charge in [0.05, 0.1) is 0 Å². The number of carbonyl (C=O) groups excluding carboxylic acids is 2. The zero-order valence-electron chi connectivity index (χ0n) is 16.9. The van der Waals surface area contributed by atoms with E-state index >= 15 is 0 Å². The van der Waals surface area contributed by atoms with Crippen molar-refractivity contribution in [1.82, 2.24) is 0 Å². The zero-order valence-corrected chi connectivity index (χ0v) is 16.9. The van der Waals surface area contributed by atoms with E-state index in [9.17, 15) is 14.4 Å². The molecule has 0 aliphatic heterocycles. The van der Waals surface area contributed by atoms with Crippen molar-refractivity contribution in [3.8, 4) is 0 Å². The van der Waals surface area contributed by atoms with Crippen molar-refractivity contribution in [3.05, 3.63) is 48.0 Å². The van der Waals surface area contributed by atoms with Crippen LogP contribution in [0.4, 0.5) is 0 Å². The summed E-state index contributed by atoms with van der Waals surface area (Å²) in [4.78, 5) is 35.7. The van der Waals surface area contributed by atoms with Crippen molar-refractivity contribution in [3.63, 3.8) is 0 Å². The minimum Gasteiger partial charge on any atom is -0.481 e. The third-order valence-corrected chi connectivity index (χ3v) is 6.23. The van der Waals surface area contributed by atoms with E-state index in [4.69, 9.17) is 5.11 Å². The van der Waals surface area contributed by atoms with E-state index in [1.165, 1.54) is 0 Å². The van der Waals surface area contributed by atoms with Crippen LogP contribution in [0, 0.1) is 11.8 Å². The number of hydrogen-bond acceptors (Lipinski definition) is 3. The smallest absolute Gasteiger partial charge is 0.303 e. The van der Waals surface area contributed by atoms with Crippen molar-refractivity contribution in [2.24, 2.45) is 11.8 Å². The molecule has 0 aromatic heterocycles. The molecule has 4 nitrogen and oxygen atoms in total. The normalized spacial score (nSPS) is 19.0. The fourth-order valence-corrected chi connectivity index (χ4v) is 4.63. The average Bonchev–Trinajstić information content (AvgIpc) is 3.07. The second-order valence-electron chi connectivity index (χ2n) is 8.21. The molecule has 0 heterocycles. The van der Waals surface area contributed by atoms with E-state index in [0.717, 1.165) is 54.9 Å². The first kappa shape index (κ1) is 21.2. The summed E-state index contributed by atoms with van der Waals surface area (Å²) < 4.78 is 0. The molecule has 3 rings (SSSR count). The molecule has 1 aliphatic carbocycles. The number of carboxylic acids is 1. The summed E-state index contributed by atoms with van der Waals surface area (Å²) >= 11 is 0. The van der Waals surface area contributed by atoms with Crippen molar-refractivity contribution >= 4 is 28.3 Å².